The van der Waals surface area contributed by atoms with Gasteiger partial charge in [0.25, 0.3) is 0 Å². The van der Waals surface area contributed by atoms with Gasteiger partial charge in [-0.05, 0) is 30.2 Å². The number of nitrogens with one attached hydrogen (secondary N) is 1. The molecule has 0 aliphatic carbocycles. The molecule has 0 saturated heterocycles. The van der Waals surface area contributed by atoms with Gasteiger partial charge >= 0.3 is 0 Å². The molecule has 0 heterocycles. The van der Waals surface area contributed by atoms with Crippen molar-refractivity contribution in [3.05, 3.63) is 24.3 Å². The van der Waals surface area contributed by atoms with Crippen LogP contribution in [0.25, 0.3) is 0 Å². The molecule has 0 aliphatic heterocycles. The topological polar surface area (TPSA) is 49.4 Å². The second-order valence-corrected chi connectivity index (χ2v) is 6.40. The maximum absolute atomic E-state index is 11.9. The summed E-state index contributed by atoms with van der Waals surface area (Å²) in [7, 11) is 0.468. The second kappa shape index (κ2) is 5.51. The van der Waals surface area contributed by atoms with E-state index >= 15 is 0 Å². The van der Waals surface area contributed by atoms with E-state index in [0.29, 0.717) is 17.4 Å². The third-order valence-corrected chi connectivity index (χ3v) is 3.78. The Hall–Kier alpha value is -1.07. The zero-order valence-corrected chi connectivity index (χ0v) is 11.6. The van der Waals surface area contributed by atoms with Crippen LogP contribution in [0.4, 0.5) is 5.69 Å². The van der Waals surface area contributed by atoms with Gasteiger partial charge in [-0.3, -0.25) is 0 Å². The van der Waals surface area contributed by atoms with Crippen LogP contribution >= 0.6 is 0 Å². The molecular weight excluding hydrogens is 236 g/mol. The van der Waals surface area contributed by atoms with Crippen LogP contribution in [0.2, 0.25) is 0 Å². The van der Waals surface area contributed by atoms with Crippen LogP contribution in [0.15, 0.2) is 29.2 Å². The summed E-state index contributed by atoms with van der Waals surface area (Å²) in [6.45, 7) is 4.40. The predicted octanol–water partition coefficient (Wildman–Crippen LogP) is 1.69. The van der Waals surface area contributed by atoms with Gasteiger partial charge in [0.05, 0.1) is 4.90 Å². The molecule has 0 spiro atoms. The Balaban J connectivity index is 2.85. The summed E-state index contributed by atoms with van der Waals surface area (Å²) in [5.41, 5.74) is 0.979. The fourth-order valence-electron chi connectivity index (χ4n) is 1.28. The Morgan fingerprint density at radius 1 is 1.18 bits per heavy atom. The van der Waals surface area contributed by atoms with Crippen LogP contribution in [-0.4, -0.2) is 29.1 Å². The average Bonchev–Trinajstić information content (AvgIpc) is 2.27. The van der Waals surface area contributed by atoms with Gasteiger partial charge in [0.2, 0.25) is 10.0 Å². The number of anilines is 1. The van der Waals surface area contributed by atoms with Gasteiger partial charge in [-0.1, -0.05) is 13.8 Å². The summed E-state index contributed by atoms with van der Waals surface area (Å²) < 4.78 is 26.4. The fraction of sp³-hybridized carbons (Fsp3) is 0.500. The quantitative estimate of drug-likeness (QED) is 0.872. The lowest BCUT2D eigenvalue weighted by atomic mass is 10.2. The Kier molecular flexibility index (Phi) is 4.54. The van der Waals surface area contributed by atoms with Gasteiger partial charge in [0.1, 0.15) is 0 Å². The van der Waals surface area contributed by atoms with Crippen molar-refractivity contribution in [3.63, 3.8) is 0 Å². The van der Waals surface area contributed by atoms with E-state index in [1.54, 1.807) is 24.3 Å². The molecule has 0 radical (unpaired) electrons. The second-order valence-electron chi connectivity index (χ2n) is 4.63. The van der Waals surface area contributed by atoms with Crippen molar-refractivity contribution >= 4 is 15.7 Å². The average molecular weight is 256 g/mol. The Morgan fingerprint density at radius 3 is 2.12 bits per heavy atom. The number of nitrogens with zero attached hydrogens (tertiary/aromatic N) is 1. The number of benzene rings is 1. The lowest BCUT2D eigenvalue weighted by Crippen LogP contribution is -2.27. The first kappa shape index (κ1) is 14.0. The molecule has 4 nitrogen and oxygen atoms in total. The molecule has 0 atom stereocenters. The number of hydrogen-bond acceptors (Lipinski definition) is 3. The van der Waals surface area contributed by atoms with E-state index < -0.39 is 10.0 Å². The highest BCUT2D eigenvalue weighted by molar-refractivity contribution is 7.89. The van der Waals surface area contributed by atoms with E-state index in [1.165, 1.54) is 0 Å². The summed E-state index contributed by atoms with van der Waals surface area (Å²) in [6.07, 6.45) is 0. The van der Waals surface area contributed by atoms with Crippen molar-refractivity contribution in [3.8, 4) is 0 Å². The monoisotopic (exact) mass is 256 g/mol. The lowest BCUT2D eigenvalue weighted by molar-refractivity contribution is 0.560. The molecule has 0 fully saturated rings. The van der Waals surface area contributed by atoms with E-state index in [9.17, 15) is 8.42 Å². The maximum atomic E-state index is 11.9. The SMILES string of the molecule is CC(C)CNS(=O)(=O)c1ccc(N(C)C)cc1. The summed E-state index contributed by atoms with van der Waals surface area (Å²) >= 11 is 0. The summed E-state index contributed by atoms with van der Waals surface area (Å²) in [5, 5.41) is 0. The molecular formula is C12H20N2O2S. The minimum absolute atomic E-state index is 0.297. The fourth-order valence-corrected chi connectivity index (χ4v) is 2.50. The molecule has 0 aromatic heterocycles. The highest BCUT2D eigenvalue weighted by Gasteiger charge is 2.13. The Morgan fingerprint density at radius 2 is 1.71 bits per heavy atom. The number of hydrogen-bond donors (Lipinski definition) is 1. The van der Waals surface area contributed by atoms with E-state index in [0.717, 1.165) is 5.69 Å². The molecule has 1 aromatic carbocycles. The van der Waals surface area contributed by atoms with Crippen molar-refractivity contribution in [2.75, 3.05) is 25.5 Å². The van der Waals surface area contributed by atoms with E-state index in [1.807, 2.05) is 32.8 Å². The third kappa shape index (κ3) is 4.02. The van der Waals surface area contributed by atoms with Gasteiger partial charge in [0, 0.05) is 26.3 Å². The summed E-state index contributed by atoms with van der Waals surface area (Å²) in [5.74, 6) is 0.297. The van der Waals surface area contributed by atoms with Crippen LogP contribution in [0.3, 0.4) is 0 Å². The molecule has 0 aliphatic rings. The van der Waals surface area contributed by atoms with Gasteiger partial charge in [-0.15, -0.1) is 0 Å². The van der Waals surface area contributed by atoms with Crippen LogP contribution in [-0.2, 0) is 10.0 Å². The van der Waals surface area contributed by atoms with E-state index in [-0.39, 0.29) is 0 Å². The molecule has 0 amide bonds. The van der Waals surface area contributed by atoms with Gasteiger partial charge in [-0.25, -0.2) is 13.1 Å². The third-order valence-electron chi connectivity index (χ3n) is 2.35. The smallest absolute Gasteiger partial charge is 0.240 e. The summed E-state index contributed by atoms with van der Waals surface area (Å²) in [4.78, 5) is 2.24. The molecule has 17 heavy (non-hydrogen) atoms. The first-order valence-corrected chi connectivity index (χ1v) is 7.08. The minimum Gasteiger partial charge on any atom is -0.378 e. The number of sulfonamides is 1. The molecule has 1 aromatic rings. The molecule has 1 rings (SSSR count). The Bertz CT molecular complexity index is 450. The van der Waals surface area contributed by atoms with Crippen LogP contribution in [0.5, 0.6) is 0 Å². The Labute approximate surface area is 104 Å². The van der Waals surface area contributed by atoms with Crippen LogP contribution in [0, 0.1) is 5.92 Å². The number of rotatable bonds is 5. The van der Waals surface area contributed by atoms with Crippen LogP contribution < -0.4 is 9.62 Å². The highest BCUT2D eigenvalue weighted by Crippen LogP contribution is 2.15. The van der Waals surface area contributed by atoms with E-state index in [4.69, 9.17) is 0 Å². The predicted molar refractivity (Wildman–Crippen MR) is 70.8 cm³/mol. The van der Waals surface area contributed by atoms with Gasteiger partial charge in [-0.2, -0.15) is 0 Å². The summed E-state index contributed by atoms with van der Waals surface area (Å²) in [6, 6.07) is 6.84. The van der Waals surface area contributed by atoms with Crippen molar-refractivity contribution in [2.45, 2.75) is 18.7 Å². The largest absolute Gasteiger partial charge is 0.378 e. The van der Waals surface area contributed by atoms with Crippen molar-refractivity contribution in [1.82, 2.24) is 4.72 Å². The molecule has 5 heteroatoms. The van der Waals surface area contributed by atoms with Gasteiger partial charge < -0.3 is 4.90 Å². The molecule has 0 bridgehead atoms. The van der Waals surface area contributed by atoms with E-state index in [2.05, 4.69) is 4.72 Å². The standard InChI is InChI=1S/C12H20N2O2S/c1-10(2)9-13-17(15,16)12-7-5-11(6-8-12)14(3)4/h5-8,10,13H,9H2,1-4H3. The van der Waals surface area contributed by atoms with Gasteiger partial charge in [0.15, 0.2) is 0 Å². The van der Waals surface area contributed by atoms with Crippen molar-refractivity contribution in [2.24, 2.45) is 5.92 Å². The van der Waals surface area contributed by atoms with Crippen molar-refractivity contribution in [1.29, 1.82) is 0 Å². The first-order chi connectivity index (χ1) is 7.83. The van der Waals surface area contributed by atoms with Crippen molar-refractivity contribution < 1.29 is 8.42 Å². The highest BCUT2D eigenvalue weighted by atomic mass is 32.2. The molecule has 96 valence electrons. The normalized spacial score (nSPS) is 11.8. The zero-order valence-electron chi connectivity index (χ0n) is 10.8. The maximum Gasteiger partial charge on any atom is 0.240 e. The first-order valence-electron chi connectivity index (χ1n) is 5.60. The minimum atomic E-state index is -3.37. The lowest BCUT2D eigenvalue weighted by Gasteiger charge is -2.13. The molecule has 1 N–H and O–H groups in total. The molecule has 0 unspecified atom stereocenters. The zero-order chi connectivity index (χ0) is 13.1. The molecule has 0 saturated carbocycles. The van der Waals surface area contributed by atoms with Crippen LogP contribution in [0.1, 0.15) is 13.8 Å².